The van der Waals surface area contributed by atoms with Crippen LogP contribution in [0.25, 0.3) is 0 Å². The van der Waals surface area contributed by atoms with Gasteiger partial charge in [0.25, 0.3) is 0 Å². The van der Waals surface area contributed by atoms with Crippen molar-refractivity contribution in [2.24, 2.45) is 0 Å². The molecule has 1 aromatic carbocycles. The largest absolute Gasteiger partial charge is 0.494 e. The summed E-state index contributed by atoms with van der Waals surface area (Å²) in [6.07, 6.45) is 6.52. The molecule has 0 aromatic heterocycles. The normalized spacial score (nSPS) is 29.1. The molecule has 4 nitrogen and oxygen atoms in total. The summed E-state index contributed by atoms with van der Waals surface area (Å²) in [7, 11) is 2.29. The lowest BCUT2D eigenvalue weighted by atomic mass is 9.82. The molecule has 2 saturated heterocycles. The van der Waals surface area contributed by atoms with E-state index in [1.54, 1.807) is 0 Å². The SMILES string of the molecule is CCOc1cc(N)cc(NC2CC3CCCC(C2)N3C)c1. The van der Waals surface area contributed by atoms with Gasteiger partial charge < -0.3 is 20.7 Å². The molecule has 2 aliphatic heterocycles. The maximum atomic E-state index is 5.98. The van der Waals surface area contributed by atoms with Gasteiger partial charge in [0.05, 0.1) is 6.61 Å². The van der Waals surface area contributed by atoms with Crippen LogP contribution in [0.5, 0.6) is 5.75 Å². The molecule has 3 N–H and O–H groups in total. The summed E-state index contributed by atoms with van der Waals surface area (Å²) in [5.41, 5.74) is 7.83. The Hall–Kier alpha value is -1.42. The van der Waals surface area contributed by atoms with Crippen molar-refractivity contribution in [3.05, 3.63) is 18.2 Å². The molecule has 2 fully saturated rings. The molecule has 0 spiro atoms. The van der Waals surface area contributed by atoms with E-state index in [1.165, 1.54) is 32.1 Å². The summed E-state index contributed by atoms with van der Waals surface area (Å²) in [6.45, 7) is 2.66. The quantitative estimate of drug-likeness (QED) is 0.836. The van der Waals surface area contributed by atoms with E-state index in [1.807, 2.05) is 19.1 Å². The number of piperidine rings is 2. The summed E-state index contributed by atoms with van der Waals surface area (Å²) in [4.78, 5) is 2.59. The van der Waals surface area contributed by atoms with Crippen molar-refractivity contribution in [3.63, 3.8) is 0 Å². The van der Waals surface area contributed by atoms with Gasteiger partial charge in [-0.3, -0.25) is 0 Å². The predicted molar refractivity (Wildman–Crippen MR) is 87.9 cm³/mol. The van der Waals surface area contributed by atoms with Gasteiger partial charge in [0.1, 0.15) is 5.75 Å². The summed E-state index contributed by atoms with van der Waals surface area (Å²) >= 11 is 0. The molecule has 0 aliphatic carbocycles. The third-order valence-electron chi connectivity index (χ3n) is 4.95. The second kappa shape index (κ2) is 6.14. The number of nitrogens with two attached hydrogens (primary N) is 1. The molecule has 0 radical (unpaired) electrons. The summed E-state index contributed by atoms with van der Waals surface area (Å²) in [5.74, 6) is 0.855. The van der Waals surface area contributed by atoms with Crippen LogP contribution in [0, 0.1) is 0 Å². The standard InChI is InChI=1S/C17H27N3O/c1-3-21-17-8-12(18)7-13(11-17)19-14-9-15-5-4-6-16(10-14)20(15)2/h7-8,11,14-16,19H,3-6,9-10,18H2,1-2H3. The first-order chi connectivity index (χ1) is 10.2. The van der Waals surface area contributed by atoms with Crippen molar-refractivity contribution in [1.82, 2.24) is 4.90 Å². The number of hydrogen-bond donors (Lipinski definition) is 2. The average Bonchev–Trinajstić information content (AvgIpc) is 2.39. The lowest BCUT2D eigenvalue weighted by Gasteiger charge is -2.47. The van der Waals surface area contributed by atoms with Crippen molar-refractivity contribution >= 4 is 11.4 Å². The molecular weight excluding hydrogens is 262 g/mol. The van der Waals surface area contributed by atoms with Gasteiger partial charge in [-0.15, -0.1) is 0 Å². The van der Waals surface area contributed by atoms with E-state index in [-0.39, 0.29) is 0 Å². The van der Waals surface area contributed by atoms with Crippen LogP contribution in [0.15, 0.2) is 18.2 Å². The van der Waals surface area contributed by atoms with Crippen LogP contribution in [0.1, 0.15) is 39.0 Å². The highest BCUT2D eigenvalue weighted by Gasteiger charge is 2.35. The van der Waals surface area contributed by atoms with Gasteiger partial charge in [-0.1, -0.05) is 6.42 Å². The number of benzene rings is 1. The van der Waals surface area contributed by atoms with Gasteiger partial charge in [0.15, 0.2) is 0 Å². The molecule has 21 heavy (non-hydrogen) atoms. The summed E-state index contributed by atoms with van der Waals surface area (Å²) in [5, 5.41) is 3.68. The second-order valence-electron chi connectivity index (χ2n) is 6.44. The van der Waals surface area contributed by atoms with Crippen LogP contribution >= 0.6 is 0 Å². The lowest BCUT2D eigenvalue weighted by Crippen LogP contribution is -2.52. The molecular formula is C17H27N3O. The number of anilines is 2. The van der Waals surface area contributed by atoms with Crippen LogP contribution in [0.2, 0.25) is 0 Å². The fraction of sp³-hybridized carbons (Fsp3) is 0.647. The molecule has 0 amide bonds. The maximum absolute atomic E-state index is 5.98. The zero-order valence-electron chi connectivity index (χ0n) is 13.1. The summed E-state index contributed by atoms with van der Waals surface area (Å²) in [6, 6.07) is 7.99. The molecule has 3 rings (SSSR count). The lowest BCUT2D eigenvalue weighted by molar-refractivity contribution is 0.0608. The van der Waals surface area contributed by atoms with Crippen molar-refractivity contribution in [2.75, 3.05) is 24.7 Å². The molecule has 0 saturated carbocycles. The first kappa shape index (κ1) is 14.5. The van der Waals surface area contributed by atoms with Crippen molar-refractivity contribution < 1.29 is 4.74 Å². The minimum atomic E-state index is 0.549. The number of nitrogens with zero attached hydrogens (tertiary/aromatic N) is 1. The fourth-order valence-corrected chi connectivity index (χ4v) is 3.92. The Bertz CT molecular complexity index is 477. The Morgan fingerprint density at radius 2 is 1.95 bits per heavy atom. The van der Waals surface area contributed by atoms with E-state index in [4.69, 9.17) is 10.5 Å². The highest BCUT2D eigenvalue weighted by Crippen LogP contribution is 2.34. The monoisotopic (exact) mass is 289 g/mol. The Labute approximate surface area is 127 Å². The van der Waals surface area contributed by atoms with Crippen LogP contribution < -0.4 is 15.8 Å². The zero-order chi connectivity index (χ0) is 14.8. The van der Waals surface area contributed by atoms with Gasteiger partial charge in [-0.05, 0) is 45.7 Å². The first-order valence-corrected chi connectivity index (χ1v) is 8.17. The number of fused-ring (bicyclic) bond motifs is 2. The fourth-order valence-electron chi connectivity index (χ4n) is 3.92. The van der Waals surface area contributed by atoms with E-state index in [2.05, 4.69) is 23.3 Å². The van der Waals surface area contributed by atoms with Gasteiger partial charge in [-0.2, -0.15) is 0 Å². The highest BCUT2D eigenvalue weighted by atomic mass is 16.5. The van der Waals surface area contributed by atoms with Crippen LogP contribution in [-0.2, 0) is 0 Å². The minimum Gasteiger partial charge on any atom is -0.494 e. The van der Waals surface area contributed by atoms with Crippen LogP contribution in [0.4, 0.5) is 11.4 Å². The Kier molecular flexibility index (Phi) is 4.24. The van der Waals surface area contributed by atoms with Crippen LogP contribution in [-0.4, -0.2) is 36.7 Å². The summed E-state index contributed by atoms with van der Waals surface area (Å²) < 4.78 is 5.58. The topological polar surface area (TPSA) is 50.5 Å². The molecule has 2 aliphatic rings. The average molecular weight is 289 g/mol. The van der Waals surface area contributed by atoms with Gasteiger partial charge in [0.2, 0.25) is 0 Å². The number of rotatable bonds is 4. The van der Waals surface area contributed by atoms with Crippen molar-refractivity contribution in [3.8, 4) is 5.75 Å². The smallest absolute Gasteiger partial charge is 0.123 e. The van der Waals surface area contributed by atoms with Gasteiger partial charge >= 0.3 is 0 Å². The highest BCUT2D eigenvalue weighted by molar-refractivity contribution is 5.59. The third kappa shape index (κ3) is 3.26. The number of hydrogen-bond acceptors (Lipinski definition) is 4. The van der Waals surface area contributed by atoms with Gasteiger partial charge in [0, 0.05) is 41.6 Å². The van der Waals surface area contributed by atoms with E-state index in [9.17, 15) is 0 Å². The minimum absolute atomic E-state index is 0.549. The zero-order valence-corrected chi connectivity index (χ0v) is 13.1. The van der Waals surface area contributed by atoms with E-state index in [0.29, 0.717) is 12.6 Å². The van der Waals surface area contributed by atoms with Crippen molar-refractivity contribution in [1.29, 1.82) is 0 Å². The number of nitrogens with one attached hydrogen (secondary N) is 1. The van der Waals surface area contributed by atoms with E-state index >= 15 is 0 Å². The first-order valence-electron chi connectivity index (χ1n) is 8.17. The maximum Gasteiger partial charge on any atom is 0.123 e. The van der Waals surface area contributed by atoms with E-state index < -0.39 is 0 Å². The predicted octanol–water partition coefficient (Wildman–Crippen LogP) is 3.09. The molecule has 2 atom stereocenters. The molecule has 2 bridgehead atoms. The molecule has 1 aromatic rings. The Morgan fingerprint density at radius 3 is 2.62 bits per heavy atom. The number of ether oxygens (including phenoxy) is 1. The third-order valence-corrected chi connectivity index (χ3v) is 4.95. The van der Waals surface area contributed by atoms with E-state index in [0.717, 1.165) is 29.2 Å². The molecule has 116 valence electrons. The number of nitrogen functional groups attached to an aromatic ring is 1. The van der Waals surface area contributed by atoms with Crippen LogP contribution in [0.3, 0.4) is 0 Å². The Balaban J connectivity index is 1.69. The second-order valence-corrected chi connectivity index (χ2v) is 6.44. The van der Waals surface area contributed by atoms with Crippen molar-refractivity contribution in [2.45, 2.75) is 57.2 Å². The Morgan fingerprint density at radius 1 is 1.24 bits per heavy atom. The van der Waals surface area contributed by atoms with Gasteiger partial charge in [-0.25, -0.2) is 0 Å². The molecule has 2 unspecified atom stereocenters. The molecule has 2 heterocycles. The molecule has 4 heteroatoms.